The Morgan fingerprint density at radius 3 is 2.37 bits per heavy atom. The van der Waals surface area contributed by atoms with Crippen molar-refractivity contribution in [1.29, 1.82) is 0 Å². The van der Waals surface area contributed by atoms with Gasteiger partial charge in [-0.25, -0.2) is 0 Å². The molecule has 1 atom stereocenters. The number of fused-ring (bicyclic) bond motifs is 1. The van der Waals surface area contributed by atoms with Gasteiger partial charge >= 0.3 is 0 Å². The summed E-state index contributed by atoms with van der Waals surface area (Å²) in [7, 11) is 2.22. The van der Waals surface area contributed by atoms with Crippen LogP contribution in [0.15, 0.2) is 65.2 Å². The Morgan fingerprint density at radius 1 is 1.07 bits per heavy atom. The van der Waals surface area contributed by atoms with Gasteiger partial charge < -0.3 is 9.26 Å². The van der Waals surface area contributed by atoms with Crippen molar-refractivity contribution < 1.29 is 9.26 Å². The summed E-state index contributed by atoms with van der Waals surface area (Å²) in [5.74, 6) is 2.13. The Hall–Kier alpha value is -2.59. The Labute approximate surface area is 179 Å². The van der Waals surface area contributed by atoms with E-state index < -0.39 is 0 Å². The highest BCUT2D eigenvalue weighted by molar-refractivity contribution is 5.34. The molecule has 0 radical (unpaired) electrons. The van der Waals surface area contributed by atoms with E-state index in [0.717, 1.165) is 44.4 Å². The highest BCUT2D eigenvalue weighted by Gasteiger charge is 2.31. The highest BCUT2D eigenvalue weighted by Crippen LogP contribution is 2.39. The van der Waals surface area contributed by atoms with Gasteiger partial charge in [0.25, 0.3) is 5.88 Å². The molecule has 0 N–H and O–H groups in total. The molecule has 4 heteroatoms. The van der Waals surface area contributed by atoms with E-state index in [2.05, 4.69) is 77.8 Å². The van der Waals surface area contributed by atoms with Crippen LogP contribution in [0.4, 0.5) is 0 Å². The fourth-order valence-electron chi connectivity index (χ4n) is 4.70. The SMILES string of the molecule is CCOc1noc2c1C(N(C)CCCC(c1ccccc1)c1ccccc1)CCC2. The summed E-state index contributed by atoms with van der Waals surface area (Å²) in [6.07, 6.45) is 5.49. The van der Waals surface area contributed by atoms with E-state index in [4.69, 9.17) is 9.26 Å². The fourth-order valence-corrected chi connectivity index (χ4v) is 4.70. The maximum atomic E-state index is 5.75. The average Bonchev–Trinajstić information content (AvgIpc) is 3.21. The second-order valence-electron chi connectivity index (χ2n) is 8.16. The molecule has 30 heavy (non-hydrogen) atoms. The fraction of sp³-hybridized carbons (Fsp3) is 0.423. The molecular formula is C26H32N2O2. The third-order valence-corrected chi connectivity index (χ3v) is 6.20. The largest absolute Gasteiger partial charge is 0.476 e. The highest BCUT2D eigenvalue weighted by atomic mass is 16.5. The zero-order valence-corrected chi connectivity index (χ0v) is 18.1. The summed E-state index contributed by atoms with van der Waals surface area (Å²) >= 11 is 0. The Morgan fingerprint density at radius 2 is 1.73 bits per heavy atom. The second-order valence-corrected chi connectivity index (χ2v) is 8.16. The maximum Gasteiger partial charge on any atom is 0.259 e. The molecule has 0 bridgehead atoms. The molecule has 1 unspecified atom stereocenters. The van der Waals surface area contributed by atoms with Gasteiger partial charge in [-0.3, -0.25) is 4.90 Å². The number of aryl methyl sites for hydroxylation is 1. The minimum atomic E-state index is 0.327. The molecule has 1 heterocycles. The Balaban J connectivity index is 1.44. The van der Waals surface area contributed by atoms with Crippen molar-refractivity contribution in [2.45, 2.75) is 51.0 Å². The molecule has 4 rings (SSSR count). The first-order chi connectivity index (χ1) is 14.8. The van der Waals surface area contributed by atoms with Crippen LogP contribution in [-0.2, 0) is 6.42 Å². The summed E-state index contributed by atoms with van der Waals surface area (Å²) in [6, 6.07) is 22.1. The predicted molar refractivity (Wildman–Crippen MR) is 120 cm³/mol. The number of rotatable bonds is 9. The molecule has 3 aromatic rings. The maximum absolute atomic E-state index is 5.75. The van der Waals surface area contributed by atoms with Crippen LogP contribution in [0.25, 0.3) is 0 Å². The number of aromatic nitrogens is 1. The van der Waals surface area contributed by atoms with E-state index in [-0.39, 0.29) is 0 Å². The van der Waals surface area contributed by atoms with Crippen LogP contribution >= 0.6 is 0 Å². The average molecular weight is 405 g/mol. The zero-order valence-electron chi connectivity index (χ0n) is 18.1. The molecule has 158 valence electrons. The zero-order chi connectivity index (χ0) is 20.8. The predicted octanol–water partition coefficient (Wildman–Crippen LogP) is 5.99. The lowest BCUT2D eigenvalue weighted by molar-refractivity contribution is 0.206. The van der Waals surface area contributed by atoms with Crippen LogP contribution in [0.2, 0.25) is 0 Å². The molecule has 0 saturated heterocycles. The molecule has 0 aliphatic heterocycles. The third kappa shape index (κ3) is 4.59. The minimum absolute atomic E-state index is 0.327. The van der Waals surface area contributed by atoms with E-state index in [1.807, 2.05) is 6.92 Å². The van der Waals surface area contributed by atoms with E-state index in [1.165, 1.54) is 16.7 Å². The number of hydrogen-bond donors (Lipinski definition) is 0. The van der Waals surface area contributed by atoms with Gasteiger partial charge in [-0.15, -0.1) is 0 Å². The Bertz CT molecular complexity index is 868. The van der Waals surface area contributed by atoms with Crippen LogP contribution in [0.5, 0.6) is 5.88 Å². The van der Waals surface area contributed by atoms with Crippen LogP contribution in [0, 0.1) is 0 Å². The standard InChI is InChI=1S/C26H32N2O2/c1-3-29-26-25-23(17-10-18-24(25)30-27-26)28(2)19-11-16-22(20-12-6-4-7-13-20)21-14-8-5-9-15-21/h4-9,12-15,22-23H,3,10-11,16-19H2,1-2H3. The molecule has 0 fully saturated rings. The van der Waals surface area contributed by atoms with Gasteiger partial charge in [0.1, 0.15) is 5.76 Å². The summed E-state index contributed by atoms with van der Waals surface area (Å²) in [6.45, 7) is 3.65. The van der Waals surface area contributed by atoms with Gasteiger partial charge in [-0.2, -0.15) is 0 Å². The van der Waals surface area contributed by atoms with Crippen LogP contribution in [0.3, 0.4) is 0 Å². The lowest BCUT2D eigenvalue weighted by atomic mass is 9.87. The van der Waals surface area contributed by atoms with E-state index in [0.29, 0.717) is 24.4 Å². The minimum Gasteiger partial charge on any atom is -0.476 e. The van der Waals surface area contributed by atoms with Crippen molar-refractivity contribution >= 4 is 0 Å². The van der Waals surface area contributed by atoms with Crippen molar-refractivity contribution in [3.8, 4) is 5.88 Å². The van der Waals surface area contributed by atoms with E-state index >= 15 is 0 Å². The van der Waals surface area contributed by atoms with E-state index in [9.17, 15) is 0 Å². The molecule has 4 nitrogen and oxygen atoms in total. The summed E-state index contributed by atoms with van der Waals surface area (Å²) < 4.78 is 11.3. The molecule has 1 aliphatic rings. The lowest BCUT2D eigenvalue weighted by Crippen LogP contribution is -2.28. The van der Waals surface area contributed by atoms with Crippen molar-refractivity contribution in [1.82, 2.24) is 10.1 Å². The number of hydrogen-bond acceptors (Lipinski definition) is 4. The summed E-state index contributed by atoms with van der Waals surface area (Å²) in [4.78, 5) is 2.46. The molecule has 0 amide bonds. The molecular weight excluding hydrogens is 372 g/mol. The topological polar surface area (TPSA) is 38.5 Å². The third-order valence-electron chi connectivity index (χ3n) is 6.20. The summed E-state index contributed by atoms with van der Waals surface area (Å²) in [5, 5.41) is 4.18. The molecule has 0 saturated carbocycles. The van der Waals surface area contributed by atoms with Gasteiger partial charge in [0, 0.05) is 18.4 Å². The van der Waals surface area contributed by atoms with Crippen LogP contribution in [0.1, 0.15) is 67.0 Å². The number of ether oxygens (including phenoxy) is 1. The monoisotopic (exact) mass is 404 g/mol. The smallest absolute Gasteiger partial charge is 0.259 e. The van der Waals surface area contributed by atoms with Crippen LogP contribution < -0.4 is 4.74 Å². The first-order valence-electron chi connectivity index (χ1n) is 11.2. The first-order valence-corrected chi connectivity index (χ1v) is 11.2. The molecule has 1 aliphatic carbocycles. The van der Waals surface area contributed by atoms with Gasteiger partial charge in [0.15, 0.2) is 0 Å². The van der Waals surface area contributed by atoms with Gasteiger partial charge in [0.05, 0.1) is 12.2 Å². The molecule has 0 spiro atoms. The Kier molecular flexibility index (Phi) is 6.85. The molecule has 1 aromatic heterocycles. The van der Waals surface area contributed by atoms with Gasteiger partial charge in [0.2, 0.25) is 0 Å². The van der Waals surface area contributed by atoms with Crippen molar-refractivity contribution in [2.24, 2.45) is 0 Å². The van der Waals surface area contributed by atoms with E-state index in [1.54, 1.807) is 0 Å². The lowest BCUT2D eigenvalue weighted by Gasteiger charge is -2.31. The quantitative estimate of drug-likeness (QED) is 0.439. The normalized spacial score (nSPS) is 16.1. The molecule has 2 aromatic carbocycles. The van der Waals surface area contributed by atoms with Gasteiger partial charge in [-0.05, 0) is 62.5 Å². The second kappa shape index (κ2) is 9.94. The van der Waals surface area contributed by atoms with Crippen molar-refractivity contribution in [2.75, 3.05) is 20.2 Å². The van der Waals surface area contributed by atoms with Crippen molar-refractivity contribution in [3.05, 3.63) is 83.1 Å². The summed E-state index contributed by atoms with van der Waals surface area (Å²) in [5.41, 5.74) is 3.96. The van der Waals surface area contributed by atoms with Crippen molar-refractivity contribution in [3.63, 3.8) is 0 Å². The van der Waals surface area contributed by atoms with Crippen LogP contribution in [-0.4, -0.2) is 30.3 Å². The number of nitrogens with zero attached hydrogens (tertiary/aromatic N) is 2. The first kappa shape index (κ1) is 20.7. The number of benzene rings is 2. The van der Waals surface area contributed by atoms with Gasteiger partial charge in [-0.1, -0.05) is 60.7 Å².